The largest absolute Gasteiger partial charge is 0.493 e. The standard InChI is InChI=1S/C21H19NO/c1-2-11-19-16(7-1)8-5-13-21(19)23-14-6-9-17-15-22-20-12-4-3-10-18(17)20/h1-5,7-8,10-13,15,22H,6,9,14H2. The fraction of sp³-hybridized carbons (Fsp3) is 0.143. The highest BCUT2D eigenvalue weighted by Gasteiger charge is 2.04. The Labute approximate surface area is 135 Å². The summed E-state index contributed by atoms with van der Waals surface area (Å²) >= 11 is 0. The Morgan fingerprint density at radius 2 is 1.57 bits per heavy atom. The Hall–Kier alpha value is -2.74. The normalized spacial score (nSPS) is 11.1. The third kappa shape index (κ3) is 2.80. The molecule has 1 aromatic heterocycles. The second kappa shape index (κ2) is 6.17. The SMILES string of the molecule is c1ccc2c(OCCCc3c[nH]c4ccccc34)cccc2c1. The van der Waals surface area contributed by atoms with Crippen molar-refractivity contribution in [3.8, 4) is 5.75 Å². The van der Waals surface area contributed by atoms with E-state index in [1.165, 1.54) is 27.2 Å². The van der Waals surface area contributed by atoms with Gasteiger partial charge in [0.1, 0.15) is 5.75 Å². The summed E-state index contributed by atoms with van der Waals surface area (Å²) in [4.78, 5) is 3.33. The van der Waals surface area contributed by atoms with Crippen LogP contribution < -0.4 is 4.74 Å². The van der Waals surface area contributed by atoms with Crippen molar-refractivity contribution in [3.05, 3.63) is 78.5 Å². The second-order valence-corrected chi connectivity index (χ2v) is 5.79. The molecule has 2 nitrogen and oxygen atoms in total. The van der Waals surface area contributed by atoms with Crippen LogP contribution in [0.15, 0.2) is 72.9 Å². The van der Waals surface area contributed by atoms with E-state index in [0.29, 0.717) is 0 Å². The molecule has 1 heterocycles. The molecule has 0 radical (unpaired) electrons. The maximum absolute atomic E-state index is 6.02. The van der Waals surface area contributed by atoms with Gasteiger partial charge in [0.25, 0.3) is 0 Å². The number of para-hydroxylation sites is 1. The summed E-state index contributed by atoms with van der Waals surface area (Å²) in [5.74, 6) is 0.974. The molecule has 0 saturated carbocycles. The lowest BCUT2D eigenvalue weighted by molar-refractivity contribution is 0.315. The van der Waals surface area contributed by atoms with Crippen LogP contribution in [0.25, 0.3) is 21.7 Å². The van der Waals surface area contributed by atoms with Gasteiger partial charge in [0, 0.05) is 22.5 Å². The number of hydrogen-bond donors (Lipinski definition) is 1. The van der Waals surface area contributed by atoms with E-state index in [1.54, 1.807) is 0 Å². The van der Waals surface area contributed by atoms with E-state index in [-0.39, 0.29) is 0 Å². The fourth-order valence-corrected chi connectivity index (χ4v) is 3.10. The highest BCUT2D eigenvalue weighted by molar-refractivity contribution is 5.88. The zero-order chi connectivity index (χ0) is 15.5. The van der Waals surface area contributed by atoms with Crippen molar-refractivity contribution in [2.75, 3.05) is 6.61 Å². The van der Waals surface area contributed by atoms with E-state index < -0.39 is 0 Å². The summed E-state index contributed by atoms with van der Waals surface area (Å²) in [6.45, 7) is 0.730. The third-order valence-electron chi connectivity index (χ3n) is 4.27. The maximum atomic E-state index is 6.02. The maximum Gasteiger partial charge on any atom is 0.127 e. The van der Waals surface area contributed by atoms with Gasteiger partial charge in [0.15, 0.2) is 0 Å². The van der Waals surface area contributed by atoms with Gasteiger partial charge in [-0.2, -0.15) is 0 Å². The van der Waals surface area contributed by atoms with Crippen LogP contribution in [0.2, 0.25) is 0 Å². The summed E-state index contributed by atoms with van der Waals surface area (Å²) < 4.78 is 6.02. The monoisotopic (exact) mass is 301 g/mol. The minimum absolute atomic E-state index is 0.730. The lowest BCUT2D eigenvalue weighted by atomic mass is 10.1. The lowest BCUT2D eigenvalue weighted by Crippen LogP contribution is -1.99. The van der Waals surface area contributed by atoms with Crippen molar-refractivity contribution in [1.82, 2.24) is 4.98 Å². The smallest absolute Gasteiger partial charge is 0.127 e. The summed E-state index contributed by atoms with van der Waals surface area (Å²) in [7, 11) is 0. The number of aryl methyl sites for hydroxylation is 1. The summed E-state index contributed by atoms with van der Waals surface area (Å²) in [6, 6.07) is 23.0. The molecule has 1 N–H and O–H groups in total. The molecule has 0 aliphatic heterocycles. The van der Waals surface area contributed by atoms with Crippen molar-refractivity contribution in [1.29, 1.82) is 0 Å². The van der Waals surface area contributed by atoms with Gasteiger partial charge in [-0.25, -0.2) is 0 Å². The Bertz CT molecular complexity index is 933. The number of rotatable bonds is 5. The molecule has 0 atom stereocenters. The molecule has 0 unspecified atom stereocenters. The van der Waals surface area contributed by atoms with Crippen LogP contribution in [0, 0.1) is 0 Å². The lowest BCUT2D eigenvalue weighted by Gasteiger charge is -2.09. The van der Waals surface area contributed by atoms with Crippen LogP contribution in [0.3, 0.4) is 0 Å². The molecule has 4 rings (SSSR count). The van der Waals surface area contributed by atoms with E-state index in [1.807, 2.05) is 6.07 Å². The highest BCUT2D eigenvalue weighted by atomic mass is 16.5. The van der Waals surface area contributed by atoms with Crippen LogP contribution >= 0.6 is 0 Å². The number of fused-ring (bicyclic) bond motifs is 2. The van der Waals surface area contributed by atoms with Gasteiger partial charge in [-0.05, 0) is 35.9 Å². The number of hydrogen-bond acceptors (Lipinski definition) is 1. The minimum atomic E-state index is 0.730. The number of benzene rings is 3. The molecule has 0 spiro atoms. The highest BCUT2D eigenvalue weighted by Crippen LogP contribution is 2.25. The predicted molar refractivity (Wildman–Crippen MR) is 96.1 cm³/mol. The van der Waals surface area contributed by atoms with E-state index in [0.717, 1.165) is 25.2 Å². The van der Waals surface area contributed by atoms with Crippen molar-refractivity contribution < 1.29 is 4.74 Å². The molecule has 0 fully saturated rings. The summed E-state index contributed by atoms with van der Waals surface area (Å²) in [5, 5.41) is 3.72. The topological polar surface area (TPSA) is 25.0 Å². The van der Waals surface area contributed by atoms with E-state index in [4.69, 9.17) is 4.74 Å². The van der Waals surface area contributed by atoms with Gasteiger partial charge < -0.3 is 9.72 Å². The summed E-state index contributed by atoms with van der Waals surface area (Å²) in [6.07, 6.45) is 4.14. The van der Waals surface area contributed by atoms with Gasteiger partial charge in [0.05, 0.1) is 6.61 Å². The predicted octanol–water partition coefficient (Wildman–Crippen LogP) is 5.33. The minimum Gasteiger partial charge on any atom is -0.493 e. The number of aromatic nitrogens is 1. The molecule has 2 heteroatoms. The number of aromatic amines is 1. The van der Waals surface area contributed by atoms with Gasteiger partial charge in [-0.15, -0.1) is 0 Å². The molecular weight excluding hydrogens is 282 g/mol. The Balaban J connectivity index is 1.42. The molecule has 0 saturated heterocycles. The average Bonchev–Trinajstić information content (AvgIpc) is 3.02. The molecule has 0 aliphatic rings. The van der Waals surface area contributed by atoms with E-state index >= 15 is 0 Å². The van der Waals surface area contributed by atoms with Gasteiger partial charge in [-0.3, -0.25) is 0 Å². The first-order valence-corrected chi connectivity index (χ1v) is 8.07. The van der Waals surface area contributed by atoms with Crippen molar-refractivity contribution in [2.24, 2.45) is 0 Å². The zero-order valence-electron chi connectivity index (χ0n) is 13.0. The molecule has 23 heavy (non-hydrogen) atoms. The molecule has 0 amide bonds. The third-order valence-corrected chi connectivity index (χ3v) is 4.27. The quantitative estimate of drug-likeness (QED) is 0.495. The zero-order valence-corrected chi connectivity index (χ0v) is 13.0. The van der Waals surface area contributed by atoms with Gasteiger partial charge in [-0.1, -0.05) is 54.6 Å². The number of H-pyrrole nitrogens is 1. The fourth-order valence-electron chi connectivity index (χ4n) is 3.10. The first kappa shape index (κ1) is 13.9. The van der Waals surface area contributed by atoms with E-state index in [9.17, 15) is 0 Å². The molecule has 114 valence electrons. The van der Waals surface area contributed by atoms with Crippen molar-refractivity contribution in [3.63, 3.8) is 0 Å². The first-order valence-electron chi connectivity index (χ1n) is 8.07. The number of nitrogens with one attached hydrogen (secondary N) is 1. The van der Waals surface area contributed by atoms with E-state index in [2.05, 4.69) is 71.8 Å². The summed E-state index contributed by atoms with van der Waals surface area (Å²) in [5.41, 5.74) is 2.57. The molecule has 3 aromatic carbocycles. The Morgan fingerprint density at radius 3 is 2.52 bits per heavy atom. The number of ether oxygens (including phenoxy) is 1. The van der Waals surface area contributed by atoms with Crippen molar-refractivity contribution >= 4 is 21.7 Å². The molecule has 4 aromatic rings. The van der Waals surface area contributed by atoms with Crippen molar-refractivity contribution in [2.45, 2.75) is 12.8 Å². The molecule has 0 bridgehead atoms. The average molecular weight is 301 g/mol. The molecule has 0 aliphatic carbocycles. The second-order valence-electron chi connectivity index (χ2n) is 5.79. The van der Waals surface area contributed by atoms with Gasteiger partial charge >= 0.3 is 0 Å². The van der Waals surface area contributed by atoms with Crippen LogP contribution in [0.1, 0.15) is 12.0 Å². The Kier molecular flexibility index (Phi) is 3.73. The van der Waals surface area contributed by atoms with Gasteiger partial charge in [0.2, 0.25) is 0 Å². The first-order chi connectivity index (χ1) is 11.4. The Morgan fingerprint density at radius 1 is 0.783 bits per heavy atom. The van der Waals surface area contributed by atoms with Crippen LogP contribution in [-0.2, 0) is 6.42 Å². The van der Waals surface area contributed by atoms with Crippen LogP contribution in [-0.4, -0.2) is 11.6 Å². The van der Waals surface area contributed by atoms with Crippen LogP contribution in [0.4, 0.5) is 0 Å². The molecular formula is C21H19NO. The van der Waals surface area contributed by atoms with Crippen LogP contribution in [0.5, 0.6) is 5.75 Å².